The molecular formula is C15H23FN2O2S. The first-order valence-electron chi connectivity index (χ1n) is 7.40. The lowest BCUT2D eigenvalue weighted by molar-refractivity contribution is 0.244. The van der Waals surface area contributed by atoms with Crippen LogP contribution in [0.15, 0.2) is 23.1 Å². The van der Waals surface area contributed by atoms with Gasteiger partial charge in [0.15, 0.2) is 0 Å². The molecule has 1 aliphatic carbocycles. The van der Waals surface area contributed by atoms with Crippen LogP contribution in [0.1, 0.15) is 31.2 Å². The van der Waals surface area contributed by atoms with Crippen molar-refractivity contribution in [1.82, 2.24) is 4.72 Å². The Labute approximate surface area is 126 Å². The van der Waals surface area contributed by atoms with Gasteiger partial charge in [-0.1, -0.05) is 18.9 Å². The van der Waals surface area contributed by atoms with Crippen molar-refractivity contribution < 1.29 is 12.8 Å². The number of halogens is 1. The quantitative estimate of drug-likeness (QED) is 0.875. The summed E-state index contributed by atoms with van der Waals surface area (Å²) in [5.74, 6) is 0.0981. The van der Waals surface area contributed by atoms with E-state index in [4.69, 9.17) is 5.73 Å². The highest BCUT2D eigenvalue weighted by Crippen LogP contribution is 2.29. The molecule has 0 saturated heterocycles. The lowest BCUT2D eigenvalue weighted by Gasteiger charge is -2.30. The molecule has 0 spiro atoms. The van der Waals surface area contributed by atoms with Gasteiger partial charge in [0, 0.05) is 6.54 Å². The van der Waals surface area contributed by atoms with Crippen molar-refractivity contribution in [2.75, 3.05) is 13.1 Å². The highest BCUT2D eigenvalue weighted by Gasteiger charge is 2.26. The topological polar surface area (TPSA) is 72.2 Å². The molecule has 21 heavy (non-hydrogen) atoms. The SMILES string of the molecule is Cc1ccc(F)cc1S(=O)(=O)NCC1CCCCC1CN. The van der Waals surface area contributed by atoms with Crippen molar-refractivity contribution in [3.05, 3.63) is 29.6 Å². The van der Waals surface area contributed by atoms with Gasteiger partial charge < -0.3 is 5.73 Å². The Balaban J connectivity index is 2.09. The molecule has 1 aromatic carbocycles. The summed E-state index contributed by atoms with van der Waals surface area (Å²) in [4.78, 5) is 0.0163. The summed E-state index contributed by atoms with van der Waals surface area (Å²) in [5, 5.41) is 0. The van der Waals surface area contributed by atoms with Crippen molar-refractivity contribution >= 4 is 10.0 Å². The van der Waals surface area contributed by atoms with Gasteiger partial charge in [-0.15, -0.1) is 0 Å². The number of nitrogens with two attached hydrogens (primary N) is 1. The van der Waals surface area contributed by atoms with Gasteiger partial charge in [-0.05, 0) is 55.8 Å². The van der Waals surface area contributed by atoms with Gasteiger partial charge in [0.25, 0.3) is 0 Å². The molecule has 3 N–H and O–H groups in total. The molecule has 0 radical (unpaired) electrons. The molecule has 0 aromatic heterocycles. The summed E-state index contributed by atoms with van der Waals surface area (Å²) < 4.78 is 40.6. The molecule has 4 nitrogen and oxygen atoms in total. The highest BCUT2D eigenvalue weighted by atomic mass is 32.2. The first-order valence-corrected chi connectivity index (χ1v) is 8.88. The number of rotatable bonds is 5. The minimum absolute atomic E-state index is 0.0163. The van der Waals surface area contributed by atoms with Gasteiger partial charge in [0.2, 0.25) is 10.0 Å². The maximum atomic E-state index is 13.3. The Bertz CT molecular complexity index is 589. The maximum Gasteiger partial charge on any atom is 0.240 e. The first kappa shape index (κ1) is 16.4. The Morgan fingerprint density at radius 2 is 1.95 bits per heavy atom. The van der Waals surface area contributed by atoms with E-state index < -0.39 is 15.8 Å². The fourth-order valence-corrected chi connectivity index (χ4v) is 4.37. The highest BCUT2D eigenvalue weighted by molar-refractivity contribution is 7.89. The van der Waals surface area contributed by atoms with Gasteiger partial charge in [0.05, 0.1) is 4.90 Å². The largest absolute Gasteiger partial charge is 0.330 e. The van der Waals surface area contributed by atoms with Crippen LogP contribution in [0.3, 0.4) is 0 Å². The second-order valence-electron chi connectivity index (χ2n) is 5.80. The summed E-state index contributed by atoms with van der Waals surface area (Å²) in [7, 11) is -3.68. The van der Waals surface area contributed by atoms with Crippen molar-refractivity contribution in [3.8, 4) is 0 Å². The average molecular weight is 314 g/mol. The van der Waals surface area contributed by atoms with Crippen molar-refractivity contribution in [2.24, 2.45) is 17.6 Å². The monoisotopic (exact) mass is 314 g/mol. The first-order chi connectivity index (χ1) is 9.94. The molecule has 1 fully saturated rings. The maximum absolute atomic E-state index is 13.3. The van der Waals surface area contributed by atoms with Gasteiger partial charge in [-0.25, -0.2) is 17.5 Å². The summed E-state index contributed by atoms with van der Waals surface area (Å²) in [6.07, 6.45) is 4.32. The van der Waals surface area contributed by atoms with Crippen LogP contribution in [0, 0.1) is 24.6 Å². The van der Waals surface area contributed by atoms with Crippen LogP contribution in [-0.2, 0) is 10.0 Å². The molecule has 1 aliphatic rings. The Morgan fingerprint density at radius 1 is 1.29 bits per heavy atom. The summed E-state index contributed by atoms with van der Waals surface area (Å²) in [5.41, 5.74) is 6.31. The molecule has 1 aromatic rings. The van der Waals surface area contributed by atoms with Crippen LogP contribution in [0.25, 0.3) is 0 Å². The normalized spacial score (nSPS) is 23.2. The van der Waals surface area contributed by atoms with Crippen molar-refractivity contribution in [1.29, 1.82) is 0 Å². The smallest absolute Gasteiger partial charge is 0.240 e. The molecule has 0 heterocycles. The lowest BCUT2D eigenvalue weighted by atomic mass is 9.79. The summed E-state index contributed by atoms with van der Waals surface area (Å²) in [6.45, 7) is 2.63. The fraction of sp³-hybridized carbons (Fsp3) is 0.600. The minimum Gasteiger partial charge on any atom is -0.330 e. The van der Waals surface area contributed by atoms with E-state index in [1.165, 1.54) is 12.1 Å². The van der Waals surface area contributed by atoms with Gasteiger partial charge in [-0.3, -0.25) is 0 Å². The standard InChI is InChI=1S/C15H23FN2O2S/c1-11-6-7-14(16)8-15(11)21(19,20)18-10-13-5-3-2-4-12(13)9-17/h6-8,12-13,18H,2-5,9-10,17H2,1H3. The van der Waals surface area contributed by atoms with Crippen molar-refractivity contribution in [3.63, 3.8) is 0 Å². The molecule has 2 rings (SSSR count). The number of benzene rings is 1. The second-order valence-corrected chi connectivity index (χ2v) is 7.54. The molecule has 6 heteroatoms. The van der Waals surface area contributed by atoms with Crippen LogP contribution in [0.2, 0.25) is 0 Å². The molecule has 118 valence electrons. The van der Waals surface area contributed by atoms with Gasteiger partial charge >= 0.3 is 0 Å². The van der Waals surface area contributed by atoms with Crippen LogP contribution < -0.4 is 10.5 Å². The third-order valence-electron chi connectivity index (χ3n) is 4.34. The van der Waals surface area contributed by atoms with Crippen LogP contribution >= 0.6 is 0 Å². The predicted molar refractivity (Wildman–Crippen MR) is 80.8 cm³/mol. The van der Waals surface area contributed by atoms with Crippen LogP contribution in [0.4, 0.5) is 4.39 Å². The molecule has 0 bridgehead atoms. The zero-order valence-electron chi connectivity index (χ0n) is 12.3. The third kappa shape index (κ3) is 4.02. The fourth-order valence-electron chi connectivity index (χ4n) is 3.02. The molecule has 1 saturated carbocycles. The summed E-state index contributed by atoms with van der Waals surface area (Å²) >= 11 is 0. The number of aryl methyl sites for hydroxylation is 1. The minimum atomic E-state index is -3.68. The summed E-state index contributed by atoms with van der Waals surface area (Å²) in [6, 6.07) is 3.81. The zero-order valence-corrected chi connectivity index (χ0v) is 13.1. The third-order valence-corrected chi connectivity index (χ3v) is 5.91. The van der Waals surface area contributed by atoms with E-state index in [1.807, 2.05) is 0 Å². The average Bonchev–Trinajstić information content (AvgIpc) is 2.48. The van der Waals surface area contributed by atoms with Crippen LogP contribution in [-0.4, -0.2) is 21.5 Å². The second kappa shape index (κ2) is 6.85. The van der Waals surface area contributed by atoms with E-state index in [-0.39, 0.29) is 10.8 Å². The number of hydrogen-bond donors (Lipinski definition) is 2. The molecule has 2 atom stereocenters. The lowest BCUT2D eigenvalue weighted by Crippen LogP contribution is -2.37. The van der Waals surface area contributed by atoms with E-state index in [0.29, 0.717) is 24.6 Å². The van der Waals surface area contributed by atoms with Gasteiger partial charge in [-0.2, -0.15) is 0 Å². The van der Waals surface area contributed by atoms with Gasteiger partial charge in [0.1, 0.15) is 5.82 Å². The Hall–Kier alpha value is -0.980. The van der Waals surface area contributed by atoms with Crippen molar-refractivity contribution in [2.45, 2.75) is 37.5 Å². The Morgan fingerprint density at radius 3 is 2.62 bits per heavy atom. The molecular weight excluding hydrogens is 291 g/mol. The van der Waals surface area contributed by atoms with E-state index >= 15 is 0 Å². The molecule has 2 unspecified atom stereocenters. The van der Waals surface area contributed by atoms with Crippen LogP contribution in [0.5, 0.6) is 0 Å². The number of sulfonamides is 1. The predicted octanol–water partition coefficient (Wildman–Crippen LogP) is 2.18. The van der Waals surface area contributed by atoms with E-state index in [0.717, 1.165) is 31.7 Å². The molecule has 0 amide bonds. The van der Waals surface area contributed by atoms with E-state index in [9.17, 15) is 12.8 Å². The number of hydrogen-bond acceptors (Lipinski definition) is 3. The number of nitrogens with one attached hydrogen (secondary N) is 1. The van der Waals surface area contributed by atoms with E-state index in [1.54, 1.807) is 6.92 Å². The Kier molecular flexibility index (Phi) is 5.35. The van der Waals surface area contributed by atoms with E-state index in [2.05, 4.69) is 4.72 Å². The molecule has 0 aliphatic heterocycles. The zero-order chi connectivity index (χ0) is 15.5.